The molecule has 138 valence electrons. The van der Waals surface area contributed by atoms with Gasteiger partial charge in [-0.25, -0.2) is 13.4 Å². The maximum absolute atomic E-state index is 12.3. The molecule has 2 heterocycles. The average Bonchev–Trinajstić information content (AvgIpc) is 3.27. The van der Waals surface area contributed by atoms with Gasteiger partial charge in [-0.05, 0) is 24.3 Å². The van der Waals surface area contributed by atoms with Gasteiger partial charge in [0, 0.05) is 35.0 Å². The monoisotopic (exact) mass is 400 g/mol. The van der Waals surface area contributed by atoms with Gasteiger partial charge in [-0.1, -0.05) is 24.3 Å². The van der Waals surface area contributed by atoms with E-state index in [0.717, 1.165) is 0 Å². The summed E-state index contributed by atoms with van der Waals surface area (Å²) in [7, 11) is -3.68. The number of hydrogen-bond donors (Lipinski definition) is 3. The number of aromatic nitrogens is 1. The zero-order valence-corrected chi connectivity index (χ0v) is 15.6. The lowest BCUT2D eigenvalue weighted by Crippen LogP contribution is -2.26. The molecule has 1 aromatic heterocycles. The van der Waals surface area contributed by atoms with E-state index in [4.69, 9.17) is 0 Å². The number of nitrogens with one attached hydrogen (secondary N) is 3. The Hall–Kier alpha value is -2.91. The zero-order valence-electron chi connectivity index (χ0n) is 14.0. The van der Waals surface area contributed by atoms with E-state index in [1.54, 1.807) is 23.7 Å². The summed E-state index contributed by atoms with van der Waals surface area (Å²) in [6.07, 6.45) is 11.0. The number of rotatable bonds is 5. The molecular weight excluding hydrogens is 384 g/mol. The minimum absolute atomic E-state index is 0.00264. The van der Waals surface area contributed by atoms with E-state index in [0.29, 0.717) is 16.4 Å². The van der Waals surface area contributed by atoms with Crippen molar-refractivity contribution in [3.8, 4) is 0 Å². The summed E-state index contributed by atoms with van der Waals surface area (Å²) in [5, 5.41) is 7.99. The number of amides is 1. The fourth-order valence-electron chi connectivity index (χ4n) is 2.93. The van der Waals surface area contributed by atoms with Gasteiger partial charge >= 0.3 is 0 Å². The molecule has 3 N–H and O–H groups in total. The first-order valence-electron chi connectivity index (χ1n) is 8.18. The van der Waals surface area contributed by atoms with E-state index < -0.39 is 10.0 Å². The summed E-state index contributed by atoms with van der Waals surface area (Å²) in [6.45, 7) is 0. The van der Waals surface area contributed by atoms with E-state index >= 15 is 0 Å². The predicted octanol–water partition coefficient (Wildman–Crippen LogP) is 2.48. The summed E-state index contributed by atoms with van der Waals surface area (Å²) in [5.41, 5.74) is 1.32. The number of carbonyl (C=O) groups excluding carboxylic acids is 1. The Morgan fingerprint density at radius 1 is 1.15 bits per heavy atom. The number of fused-ring (bicyclic) bond motifs is 1. The van der Waals surface area contributed by atoms with Gasteiger partial charge in [0.2, 0.25) is 5.91 Å². The van der Waals surface area contributed by atoms with Gasteiger partial charge in [0.05, 0.1) is 10.9 Å². The van der Waals surface area contributed by atoms with Crippen LogP contribution in [0.3, 0.4) is 0 Å². The van der Waals surface area contributed by atoms with Crippen LogP contribution in [0.1, 0.15) is 0 Å². The predicted molar refractivity (Wildman–Crippen MR) is 105 cm³/mol. The highest BCUT2D eigenvalue weighted by molar-refractivity contribution is 7.93. The Morgan fingerprint density at radius 2 is 1.93 bits per heavy atom. The second-order valence-corrected chi connectivity index (χ2v) is 8.58. The van der Waals surface area contributed by atoms with Crippen LogP contribution in [0.15, 0.2) is 76.8 Å². The first kappa shape index (κ1) is 17.5. The van der Waals surface area contributed by atoms with E-state index in [1.807, 2.05) is 24.3 Å². The molecule has 2 unspecified atom stereocenters. The Bertz CT molecular complexity index is 1040. The lowest BCUT2D eigenvalue weighted by Gasteiger charge is -2.14. The van der Waals surface area contributed by atoms with Crippen LogP contribution in [0.2, 0.25) is 0 Å². The molecule has 1 fully saturated rings. The number of hydrogen-bond acceptors (Lipinski definition) is 6. The number of allylic oxidation sites excluding steroid dienone is 2. The van der Waals surface area contributed by atoms with Gasteiger partial charge in [0.1, 0.15) is 0 Å². The second kappa shape index (κ2) is 7.01. The van der Waals surface area contributed by atoms with E-state index in [2.05, 4.69) is 20.3 Å². The third-order valence-electron chi connectivity index (χ3n) is 4.27. The van der Waals surface area contributed by atoms with Crippen molar-refractivity contribution in [2.75, 3.05) is 10.0 Å². The minimum atomic E-state index is -3.68. The van der Waals surface area contributed by atoms with Gasteiger partial charge in [0.15, 0.2) is 5.13 Å². The highest BCUT2D eigenvalue weighted by Gasteiger charge is 2.34. The van der Waals surface area contributed by atoms with Crippen LogP contribution in [0.4, 0.5) is 10.8 Å². The fourth-order valence-corrected chi connectivity index (χ4v) is 4.72. The largest absolute Gasteiger partial charge is 0.361 e. The highest BCUT2D eigenvalue weighted by Crippen LogP contribution is 2.28. The summed E-state index contributed by atoms with van der Waals surface area (Å²) in [5.74, 6) is -0.113. The van der Waals surface area contributed by atoms with Crippen molar-refractivity contribution < 1.29 is 13.2 Å². The first-order chi connectivity index (χ1) is 13.0. The number of anilines is 2. The van der Waals surface area contributed by atoms with Crippen LogP contribution >= 0.6 is 11.3 Å². The molecule has 9 heteroatoms. The van der Waals surface area contributed by atoms with Crippen LogP contribution < -0.4 is 15.4 Å². The Balaban J connectivity index is 1.47. The van der Waals surface area contributed by atoms with Crippen LogP contribution in [-0.2, 0) is 14.8 Å². The molecule has 1 aliphatic heterocycles. The maximum Gasteiger partial charge on any atom is 0.263 e. The molecule has 1 amide bonds. The summed E-state index contributed by atoms with van der Waals surface area (Å²) in [6, 6.07) is 6.28. The van der Waals surface area contributed by atoms with Gasteiger partial charge in [-0.15, -0.1) is 11.3 Å². The fraction of sp³-hybridized carbons (Fsp3) is 0.111. The molecule has 1 saturated heterocycles. The Kier molecular flexibility index (Phi) is 4.54. The van der Waals surface area contributed by atoms with Gasteiger partial charge in [0.25, 0.3) is 10.0 Å². The quantitative estimate of drug-likeness (QED) is 0.670. The van der Waals surface area contributed by atoms with Gasteiger partial charge < -0.3 is 10.6 Å². The van der Waals surface area contributed by atoms with Crippen molar-refractivity contribution in [3.05, 3.63) is 71.9 Å². The summed E-state index contributed by atoms with van der Waals surface area (Å²) >= 11 is 1.21. The summed E-state index contributed by atoms with van der Waals surface area (Å²) < 4.78 is 27.1. The molecule has 2 atom stereocenters. The molecule has 7 nitrogen and oxygen atoms in total. The number of benzene rings is 1. The number of carbonyl (C=O) groups is 1. The van der Waals surface area contributed by atoms with Crippen molar-refractivity contribution in [1.29, 1.82) is 0 Å². The first-order valence-corrected chi connectivity index (χ1v) is 10.5. The van der Waals surface area contributed by atoms with Crippen molar-refractivity contribution >= 4 is 38.1 Å². The lowest BCUT2D eigenvalue weighted by atomic mass is 9.92. The number of nitrogens with zero attached hydrogens (tertiary/aromatic N) is 1. The molecule has 1 aliphatic carbocycles. The Labute approximate surface area is 160 Å². The SMILES string of the molecule is O=C1NC2C=CC=CC2/C1=C/Nc1ccc(S(=O)(=O)Nc2nccs2)cc1. The van der Waals surface area contributed by atoms with Crippen molar-refractivity contribution in [2.45, 2.75) is 10.9 Å². The average molecular weight is 400 g/mol. The molecular formula is C18H16N4O3S2. The molecule has 0 spiro atoms. The molecule has 0 bridgehead atoms. The third-order valence-corrected chi connectivity index (χ3v) is 6.44. The Morgan fingerprint density at radius 3 is 2.67 bits per heavy atom. The van der Waals surface area contributed by atoms with Crippen LogP contribution in [0, 0.1) is 5.92 Å². The van der Waals surface area contributed by atoms with Crippen LogP contribution in [0.25, 0.3) is 0 Å². The van der Waals surface area contributed by atoms with Crippen molar-refractivity contribution in [3.63, 3.8) is 0 Å². The zero-order chi connectivity index (χ0) is 18.9. The number of thiazole rings is 1. The van der Waals surface area contributed by atoms with E-state index in [-0.39, 0.29) is 22.8 Å². The van der Waals surface area contributed by atoms with E-state index in [1.165, 1.54) is 29.7 Å². The third kappa shape index (κ3) is 3.64. The molecule has 0 saturated carbocycles. The highest BCUT2D eigenvalue weighted by atomic mass is 32.2. The summed E-state index contributed by atoms with van der Waals surface area (Å²) in [4.78, 5) is 16.2. The van der Waals surface area contributed by atoms with Crippen molar-refractivity contribution in [2.24, 2.45) is 5.92 Å². The van der Waals surface area contributed by atoms with Gasteiger partial charge in [-0.2, -0.15) is 0 Å². The molecule has 0 radical (unpaired) electrons. The molecule has 27 heavy (non-hydrogen) atoms. The molecule has 2 aliphatic rings. The minimum Gasteiger partial charge on any atom is -0.361 e. The lowest BCUT2D eigenvalue weighted by molar-refractivity contribution is -0.116. The molecule has 1 aromatic carbocycles. The normalized spacial score (nSPS) is 22.5. The van der Waals surface area contributed by atoms with Gasteiger partial charge in [-0.3, -0.25) is 9.52 Å². The van der Waals surface area contributed by atoms with Crippen LogP contribution in [0.5, 0.6) is 0 Å². The van der Waals surface area contributed by atoms with E-state index in [9.17, 15) is 13.2 Å². The maximum atomic E-state index is 12.3. The van der Waals surface area contributed by atoms with Crippen molar-refractivity contribution in [1.82, 2.24) is 10.3 Å². The molecule has 4 rings (SSSR count). The number of sulfonamides is 1. The smallest absolute Gasteiger partial charge is 0.263 e. The topological polar surface area (TPSA) is 100 Å². The molecule has 2 aromatic rings. The standard InChI is InChI=1S/C18H16N4O3S2/c23-17-15(14-3-1-2-4-16(14)21-17)11-20-12-5-7-13(8-6-12)27(24,25)22-18-19-9-10-26-18/h1-11,14,16,20H,(H,19,22)(H,21,23)/b15-11-. The van der Waals surface area contributed by atoms with Crippen LogP contribution in [-0.4, -0.2) is 25.4 Å². The second-order valence-electron chi connectivity index (χ2n) is 6.01.